The van der Waals surface area contributed by atoms with Crippen molar-refractivity contribution in [3.8, 4) is 5.75 Å². The molecule has 0 aliphatic carbocycles. The topological polar surface area (TPSA) is 21.3 Å². The Bertz CT molecular complexity index is 286. The van der Waals surface area contributed by atoms with Crippen LogP contribution in [0.2, 0.25) is 0 Å². The maximum Gasteiger partial charge on any atom is 0.119 e. The maximum atomic E-state index is 5.64. The predicted octanol–water partition coefficient (Wildman–Crippen LogP) is 3.61. The SMILES string of the molecule is CCNC(C)CCCOc1ccc(Br)cc1. The smallest absolute Gasteiger partial charge is 0.119 e. The monoisotopic (exact) mass is 285 g/mol. The lowest BCUT2D eigenvalue weighted by molar-refractivity contribution is 0.298. The Labute approximate surface area is 107 Å². The molecule has 1 N–H and O–H groups in total. The van der Waals surface area contributed by atoms with E-state index in [9.17, 15) is 0 Å². The molecule has 1 rings (SSSR count). The van der Waals surface area contributed by atoms with E-state index in [4.69, 9.17) is 4.74 Å². The van der Waals surface area contributed by atoms with E-state index in [1.54, 1.807) is 0 Å². The minimum absolute atomic E-state index is 0.582. The van der Waals surface area contributed by atoms with E-state index in [-0.39, 0.29) is 0 Å². The number of benzene rings is 1. The summed E-state index contributed by atoms with van der Waals surface area (Å²) in [6.07, 6.45) is 2.24. The van der Waals surface area contributed by atoms with Crippen molar-refractivity contribution in [3.63, 3.8) is 0 Å². The lowest BCUT2D eigenvalue weighted by Crippen LogP contribution is -2.25. The van der Waals surface area contributed by atoms with E-state index in [2.05, 4.69) is 35.1 Å². The number of ether oxygens (including phenoxy) is 1. The average Bonchev–Trinajstić information content (AvgIpc) is 2.27. The summed E-state index contributed by atoms with van der Waals surface area (Å²) in [4.78, 5) is 0. The molecule has 0 amide bonds. The first-order valence-electron chi connectivity index (χ1n) is 5.84. The van der Waals surface area contributed by atoms with Crippen molar-refractivity contribution < 1.29 is 4.74 Å². The van der Waals surface area contributed by atoms with Crippen LogP contribution < -0.4 is 10.1 Å². The van der Waals surface area contributed by atoms with Crippen molar-refractivity contribution in [3.05, 3.63) is 28.7 Å². The van der Waals surface area contributed by atoms with Crippen molar-refractivity contribution in [2.24, 2.45) is 0 Å². The van der Waals surface area contributed by atoms with E-state index in [1.165, 1.54) is 0 Å². The fourth-order valence-corrected chi connectivity index (χ4v) is 1.83. The van der Waals surface area contributed by atoms with Crippen LogP contribution in [-0.2, 0) is 0 Å². The molecule has 0 bridgehead atoms. The van der Waals surface area contributed by atoms with Crippen molar-refractivity contribution in [2.45, 2.75) is 32.7 Å². The Morgan fingerprint density at radius 2 is 2.00 bits per heavy atom. The second kappa shape index (κ2) is 7.69. The Kier molecular flexibility index (Phi) is 6.50. The molecular formula is C13H20BrNO. The number of nitrogens with one attached hydrogen (secondary N) is 1. The van der Waals surface area contributed by atoms with Crippen LogP contribution in [-0.4, -0.2) is 19.2 Å². The summed E-state index contributed by atoms with van der Waals surface area (Å²) >= 11 is 3.40. The molecule has 0 saturated heterocycles. The maximum absolute atomic E-state index is 5.64. The van der Waals surface area contributed by atoms with Crippen LogP contribution >= 0.6 is 15.9 Å². The molecule has 1 atom stereocenters. The summed E-state index contributed by atoms with van der Waals surface area (Å²) in [5.41, 5.74) is 0. The lowest BCUT2D eigenvalue weighted by Gasteiger charge is -2.12. The van der Waals surface area contributed by atoms with Gasteiger partial charge in [0, 0.05) is 10.5 Å². The molecule has 1 aromatic rings. The van der Waals surface area contributed by atoms with Gasteiger partial charge in [0.25, 0.3) is 0 Å². The van der Waals surface area contributed by atoms with E-state index in [0.717, 1.165) is 36.2 Å². The first-order valence-corrected chi connectivity index (χ1v) is 6.63. The zero-order valence-electron chi connectivity index (χ0n) is 10.0. The van der Waals surface area contributed by atoms with Gasteiger partial charge in [0.15, 0.2) is 0 Å². The molecule has 0 aliphatic rings. The second-order valence-electron chi connectivity index (χ2n) is 3.90. The highest BCUT2D eigenvalue weighted by atomic mass is 79.9. The van der Waals surface area contributed by atoms with Crippen LogP contribution in [0.3, 0.4) is 0 Å². The van der Waals surface area contributed by atoms with Crippen molar-refractivity contribution in [1.82, 2.24) is 5.32 Å². The molecule has 1 aromatic carbocycles. The summed E-state index contributed by atoms with van der Waals surface area (Å²) < 4.78 is 6.72. The normalized spacial score (nSPS) is 12.4. The summed E-state index contributed by atoms with van der Waals surface area (Å²) in [5, 5.41) is 3.39. The highest BCUT2D eigenvalue weighted by Gasteiger charge is 1.99. The molecule has 1 unspecified atom stereocenters. The third-order valence-electron chi connectivity index (χ3n) is 2.42. The van der Waals surface area contributed by atoms with Gasteiger partial charge in [0.2, 0.25) is 0 Å². The van der Waals surface area contributed by atoms with Crippen LogP contribution in [0.5, 0.6) is 5.75 Å². The number of halogens is 1. The Balaban J connectivity index is 2.13. The highest BCUT2D eigenvalue weighted by molar-refractivity contribution is 9.10. The first-order chi connectivity index (χ1) is 7.72. The molecule has 0 spiro atoms. The number of rotatable bonds is 7. The van der Waals surface area contributed by atoms with Gasteiger partial charge in [0.05, 0.1) is 6.61 Å². The zero-order chi connectivity index (χ0) is 11.8. The average molecular weight is 286 g/mol. The Morgan fingerprint density at radius 3 is 2.62 bits per heavy atom. The van der Waals surface area contributed by atoms with Gasteiger partial charge in [-0.3, -0.25) is 0 Å². The third kappa shape index (κ3) is 5.52. The van der Waals surface area contributed by atoms with Crippen LogP contribution in [0.4, 0.5) is 0 Å². The van der Waals surface area contributed by atoms with Gasteiger partial charge in [0.1, 0.15) is 5.75 Å². The molecule has 0 heterocycles. The van der Waals surface area contributed by atoms with Crippen LogP contribution in [0.25, 0.3) is 0 Å². The van der Waals surface area contributed by atoms with E-state index in [0.29, 0.717) is 6.04 Å². The third-order valence-corrected chi connectivity index (χ3v) is 2.95. The molecule has 2 nitrogen and oxygen atoms in total. The highest BCUT2D eigenvalue weighted by Crippen LogP contribution is 2.16. The standard InChI is InChI=1S/C13H20BrNO/c1-3-15-11(2)5-4-10-16-13-8-6-12(14)7-9-13/h6-9,11,15H,3-5,10H2,1-2H3. The first kappa shape index (κ1) is 13.5. The van der Waals surface area contributed by atoms with Crippen LogP contribution in [0.1, 0.15) is 26.7 Å². The number of hydrogen-bond donors (Lipinski definition) is 1. The molecule has 90 valence electrons. The van der Waals surface area contributed by atoms with Crippen LogP contribution in [0, 0.1) is 0 Å². The zero-order valence-corrected chi connectivity index (χ0v) is 11.6. The Morgan fingerprint density at radius 1 is 1.31 bits per heavy atom. The van der Waals surface area contributed by atoms with E-state index < -0.39 is 0 Å². The fourth-order valence-electron chi connectivity index (χ4n) is 1.56. The largest absolute Gasteiger partial charge is 0.494 e. The fraction of sp³-hybridized carbons (Fsp3) is 0.538. The van der Waals surface area contributed by atoms with E-state index >= 15 is 0 Å². The predicted molar refractivity (Wildman–Crippen MR) is 72.0 cm³/mol. The molecule has 0 aromatic heterocycles. The summed E-state index contributed by atoms with van der Waals surface area (Å²) in [6.45, 7) is 6.17. The molecule has 0 radical (unpaired) electrons. The van der Waals surface area contributed by atoms with Gasteiger partial charge in [-0.15, -0.1) is 0 Å². The molecule has 16 heavy (non-hydrogen) atoms. The van der Waals surface area contributed by atoms with Gasteiger partial charge in [-0.05, 0) is 50.6 Å². The minimum Gasteiger partial charge on any atom is -0.494 e. The van der Waals surface area contributed by atoms with Gasteiger partial charge in [-0.1, -0.05) is 22.9 Å². The molecule has 3 heteroatoms. The van der Waals surface area contributed by atoms with Gasteiger partial charge in [-0.2, -0.15) is 0 Å². The van der Waals surface area contributed by atoms with Crippen molar-refractivity contribution in [2.75, 3.05) is 13.2 Å². The van der Waals surface area contributed by atoms with Gasteiger partial charge in [-0.25, -0.2) is 0 Å². The summed E-state index contributed by atoms with van der Waals surface area (Å²) in [5.74, 6) is 0.944. The molecular weight excluding hydrogens is 266 g/mol. The number of hydrogen-bond acceptors (Lipinski definition) is 2. The van der Waals surface area contributed by atoms with E-state index in [1.807, 2.05) is 24.3 Å². The molecule has 0 aliphatic heterocycles. The quantitative estimate of drug-likeness (QED) is 0.773. The van der Waals surface area contributed by atoms with Gasteiger partial charge >= 0.3 is 0 Å². The van der Waals surface area contributed by atoms with Crippen molar-refractivity contribution in [1.29, 1.82) is 0 Å². The van der Waals surface area contributed by atoms with Crippen molar-refractivity contribution >= 4 is 15.9 Å². The summed E-state index contributed by atoms with van der Waals surface area (Å²) in [6, 6.07) is 8.54. The minimum atomic E-state index is 0.582. The van der Waals surface area contributed by atoms with Gasteiger partial charge < -0.3 is 10.1 Å². The molecule has 0 saturated carbocycles. The lowest BCUT2D eigenvalue weighted by atomic mass is 10.2. The molecule has 0 fully saturated rings. The van der Waals surface area contributed by atoms with Crippen LogP contribution in [0.15, 0.2) is 28.7 Å². The Hall–Kier alpha value is -0.540. The summed E-state index contributed by atoms with van der Waals surface area (Å²) in [7, 11) is 0. The second-order valence-corrected chi connectivity index (χ2v) is 4.82.